The average Bonchev–Trinajstić information content (AvgIpc) is 3.26. The second-order valence-corrected chi connectivity index (χ2v) is 9.59. The van der Waals surface area contributed by atoms with Crippen molar-refractivity contribution in [1.29, 1.82) is 0 Å². The molecular weight excluding hydrogens is 509 g/mol. The molecule has 0 aliphatic heterocycles. The van der Waals surface area contributed by atoms with Crippen LogP contribution in [-0.4, -0.2) is 20.5 Å². The molecule has 2 aromatic heterocycles. The molecule has 0 aliphatic carbocycles. The maximum atomic E-state index is 13.5. The summed E-state index contributed by atoms with van der Waals surface area (Å²) in [7, 11) is 0. The van der Waals surface area contributed by atoms with E-state index in [1.54, 1.807) is 24.3 Å². The summed E-state index contributed by atoms with van der Waals surface area (Å²) < 4.78 is 41.6. The van der Waals surface area contributed by atoms with Crippen molar-refractivity contribution in [1.82, 2.24) is 14.6 Å². The number of aryl methyl sites for hydroxylation is 1. The van der Waals surface area contributed by atoms with Gasteiger partial charge in [-0.3, -0.25) is 9.20 Å². The van der Waals surface area contributed by atoms with Crippen LogP contribution in [0.5, 0.6) is 0 Å². The predicted octanol–water partition coefficient (Wildman–Crippen LogP) is 7.34. The third kappa shape index (κ3) is 4.64. The summed E-state index contributed by atoms with van der Waals surface area (Å²) >= 11 is 7.28. The third-order valence-electron chi connectivity index (χ3n) is 5.69. The number of amides is 1. The second kappa shape index (κ2) is 9.48. The van der Waals surface area contributed by atoms with E-state index in [4.69, 9.17) is 11.6 Å². The summed E-state index contributed by atoms with van der Waals surface area (Å²) in [5, 5.41) is 11.8. The van der Waals surface area contributed by atoms with Crippen molar-refractivity contribution in [3.8, 4) is 0 Å². The Morgan fingerprint density at radius 3 is 2.47 bits per heavy atom. The van der Waals surface area contributed by atoms with Gasteiger partial charge in [0.2, 0.25) is 5.91 Å². The van der Waals surface area contributed by atoms with Gasteiger partial charge in [0.25, 0.3) is 0 Å². The lowest BCUT2D eigenvalue weighted by Gasteiger charge is -2.18. The van der Waals surface area contributed by atoms with Crippen molar-refractivity contribution >= 4 is 51.5 Å². The lowest BCUT2D eigenvalue weighted by atomic mass is 10.1. The molecule has 0 fully saturated rings. The number of fused-ring (bicyclic) bond motifs is 3. The number of pyridine rings is 1. The summed E-state index contributed by atoms with van der Waals surface area (Å²) in [6.45, 7) is 1.99. The number of para-hydroxylation sites is 1. The maximum Gasteiger partial charge on any atom is 0.416 e. The zero-order valence-electron chi connectivity index (χ0n) is 18.8. The topological polar surface area (TPSA) is 59.3 Å². The average molecular weight is 527 g/mol. The van der Waals surface area contributed by atoms with Gasteiger partial charge in [0.05, 0.1) is 21.8 Å². The monoisotopic (exact) mass is 526 g/mol. The molecule has 0 saturated heterocycles. The standard InChI is InChI=1S/C26H18ClF3N4OS/c1-15-13-22-32-33-25(34(22)21-10-6-5-9-18(15)21)36-23(16-7-3-2-4-8-16)24(35)31-20-14-17(26(28,29)30)11-12-19(20)27/h2-14,23H,1H3,(H,31,35)/t23-/m1/s1. The minimum Gasteiger partial charge on any atom is -0.323 e. The first-order chi connectivity index (χ1) is 17.2. The minimum absolute atomic E-state index is 0.00237. The molecule has 1 N–H and O–H groups in total. The van der Waals surface area contributed by atoms with Crippen molar-refractivity contribution in [2.24, 2.45) is 0 Å². The highest BCUT2D eigenvalue weighted by Crippen LogP contribution is 2.39. The molecule has 2 heterocycles. The number of hydrogen-bond donors (Lipinski definition) is 1. The number of alkyl halides is 3. The molecule has 182 valence electrons. The molecule has 10 heteroatoms. The van der Waals surface area contributed by atoms with Crippen LogP contribution in [-0.2, 0) is 11.0 Å². The number of thioether (sulfide) groups is 1. The number of rotatable bonds is 5. The van der Waals surface area contributed by atoms with E-state index in [0.29, 0.717) is 16.4 Å². The fourth-order valence-electron chi connectivity index (χ4n) is 3.95. The Labute approximate surface area is 213 Å². The quantitative estimate of drug-likeness (QED) is 0.243. The molecule has 0 spiro atoms. The van der Waals surface area contributed by atoms with Gasteiger partial charge in [0.15, 0.2) is 10.8 Å². The molecule has 5 nitrogen and oxygen atoms in total. The Morgan fingerprint density at radius 1 is 1.00 bits per heavy atom. The fourth-order valence-corrected chi connectivity index (χ4v) is 5.17. The largest absolute Gasteiger partial charge is 0.416 e. The van der Waals surface area contributed by atoms with Crippen molar-refractivity contribution in [2.75, 3.05) is 5.32 Å². The summed E-state index contributed by atoms with van der Waals surface area (Å²) in [6.07, 6.45) is -4.57. The first kappa shape index (κ1) is 24.1. The van der Waals surface area contributed by atoms with Crippen LogP contribution in [0.2, 0.25) is 5.02 Å². The smallest absolute Gasteiger partial charge is 0.323 e. The van der Waals surface area contributed by atoms with Crippen LogP contribution >= 0.6 is 23.4 Å². The van der Waals surface area contributed by atoms with Gasteiger partial charge in [-0.05, 0) is 48.4 Å². The molecular formula is C26H18ClF3N4OS. The number of benzene rings is 3. The van der Waals surface area contributed by atoms with Gasteiger partial charge >= 0.3 is 6.18 Å². The second-order valence-electron chi connectivity index (χ2n) is 8.11. The number of carbonyl (C=O) groups excluding carboxylic acids is 1. The van der Waals surface area contributed by atoms with E-state index in [2.05, 4.69) is 15.5 Å². The van der Waals surface area contributed by atoms with Gasteiger partial charge in [-0.25, -0.2) is 0 Å². The van der Waals surface area contributed by atoms with E-state index >= 15 is 0 Å². The van der Waals surface area contributed by atoms with Crippen molar-refractivity contribution < 1.29 is 18.0 Å². The lowest BCUT2D eigenvalue weighted by molar-refractivity contribution is -0.137. The number of nitrogens with one attached hydrogen (secondary N) is 1. The van der Waals surface area contributed by atoms with Gasteiger partial charge in [-0.15, -0.1) is 10.2 Å². The molecule has 0 saturated carbocycles. The van der Waals surface area contributed by atoms with Crippen molar-refractivity contribution in [3.63, 3.8) is 0 Å². The van der Waals surface area contributed by atoms with E-state index in [1.165, 1.54) is 0 Å². The normalized spacial score (nSPS) is 12.7. The van der Waals surface area contributed by atoms with Crippen LogP contribution in [0.25, 0.3) is 16.6 Å². The van der Waals surface area contributed by atoms with Gasteiger partial charge < -0.3 is 5.32 Å². The van der Waals surface area contributed by atoms with Gasteiger partial charge in [-0.2, -0.15) is 13.2 Å². The summed E-state index contributed by atoms with van der Waals surface area (Å²) in [4.78, 5) is 13.5. The summed E-state index contributed by atoms with van der Waals surface area (Å²) in [6, 6.07) is 21.5. The zero-order valence-corrected chi connectivity index (χ0v) is 20.3. The predicted molar refractivity (Wildman–Crippen MR) is 135 cm³/mol. The number of hydrogen-bond acceptors (Lipinski definition) is 4. The van der Waals surface area contributed by atoms with Gasteiger partial charge in [-0.1, -0.05) is 71.9 Å². The van der Waals surface area contributed by atoms with E-state index in [0.717, 1.165) is 46.4 Å². The van der Waals surface area contributed by atoms with Crippen molar-refractivity contribution in [2.45, 2.75) is 23.5 Å². The molecule has 0 radical (unpaired) electrons. The highest BCUT2D eigenvalue weighted by Gasteiger charge is 2.32. The van der Waals surface area contributed by atoms with Gasteiger partial charge in [0.1, 0.15) is 5.25 Å². The van der Waals surface area contributed by atoms with E-state index < -0.39 is 22.9 Å². The van der Waals surface area contributed by atoms with Crippen LogP contribution in [0, 0.1) is 6.92 Å². The zero-order chi connectivity index (χ0) is 25.4. The molecule has 3 aromatic carbocycles. The third-order valence-corrected chi connectivity index (χ3v) is 7.22. The van der Waals surface area contributed by atoms with Crippen LogP contribution in [0.4, 0.5) is 18.9 Å². The van der Waals surface area contributed by atoms with Crippen molar-refractivity contribution in [3.05, 3.63) is 101 Å². The maximum absolute atomic E-state index is 13.5. The minimum atomic E-state index is -4.57. The molecule has 0 unspecified atom stereocenters. The van der Waals surface area contributed by atoms with E-state index in [1.807, 2.05) is 47.7 Å². The Hall–Kier alpha value is -3.56. The fraction of sp³-hybridized carbons (Fsp3) is 0.115. The number of nitrogens with zero attached hydrogens (tertiary/aromatic N) is 3. The SMILES string of the molecule is Cc1cc2nnc(S[C@@H](C(=O)Nc3cc(C(F)(F)F)ccc3Cl)c3ccccc3)n2c2ccccc12. The molecule has 5 rings (SSSR count). The molecule has 0 bridgehead atoms. The highest BCUT2D eigenvalue weighted by molar-refractivity contribution is 8.00. The number of halogens is 4. The van der Waals surface area contributed by atoms with Crippen LogP contribution in [0.3, 0.4) is 0 Å². The number of carbonyl (C=O) groups is 1. The molecule has 1 atom stereocenters. The van der Waals surface area contributed by atoms with Crippen LogP contribution in [0.1, 0.15) is 21.9 Å². The number of anilines is 1. The van der Waals surface area contributed by atoms with Gasteiger partial charge in [0, 0.05) is 5.39 Å². The summed E-state index contributed by atoms with van der Waals surface area (Å²) in [5.41, 5.74) is 2.17. The Bertz CT molecular complexity index is 1590. The molecule has 0 aliphatic rings. The first-order valence-electron chi connectivity index (χ1n) is 10.8. The molecule has 5 aromatic rings. The molecule has 1 amide bonds. The summed E-state index contributed by atoms with van der Waals surface area (Å²) in [5.74, 6) is -0.541. The molecule has 36 heavy (non-hydrogen) atoms. The number of aromatic nitrogens is 3. The first-order valence-corrected chi connectivity index (χ1v) is 12.1. The van der Waals surface area contributed by atoms with Crippen LogP contribution < -0.4 is 5.32 Å². The van der Waals surface area contributed by atoms with E-state index in [-0.39, 0.29) is 10.7 Å². The highest BCUT2D eigenvalue weighted by atomic mass is 35.5. The Balaban J connectivity index is 1.56. The Morgan fingerprint density at radius 2 is 1.72 bits per heavy atom. The van der Waals surface area contributed by atoms with Crippen LogP contribution in [0.15, 0.2) is 84.0 Å². The van der Waals surface area contributed by atoms with E-state index in [9.17, 15) is 18.0 Å². The lowest BCUT2D eigenvalue weighted by Crippen LogP contribution is -2.20. The Kier molecular flexibility index (Phi) is 6.36.